The van der Waals surface area contributed by atoms with E-state index >= 15 is 0 Å². The fourth-order valence-corrected chi connectivity index (χ4v) is 1.08. The summed E-state index contributed by atoms with van der Waals surface area (Å²) in [4.78, 5) is 20.4. The van der Waals surface area contributed by atoms with Gasteiger partial charge in [0, 0.05) is 11.9 Å². The normalized spacial score (nSPS) is 9.06. The first-order valence-electron chi connectivity index (χ1n) is 5.59. The second-order valence-electron chi connectivity index (χ2n) is 3.51. The lowest BCUT2D eigenvalue weighted by atomic mass is 10.2. The minimum absolute atomic E-state index is 0.182. The van der Waals surface area contributed by atoms with Crippen LogP contribution in [0, 0.1) is 0 Å². The molecule has 5 heteroatoms. The van der Waals surface area contributed by atoms with Crippen LogP contribution in [0.2, 0.25) is 5.02 Å². The molecule has 0 amide bonds. The highest BCUT2D eigenvalue weighted by atomic mass is 35.5. The Morgan fingerprint density at radius 3 is 2.22 bits per heavy atom. The first-order chi connectivity index (χ1) is 8.47. The van der Waals surface area contributed by atoms with Crippen LogP contribution in [0.5, 0.6) is 0 Å². The quantitative estimate of drug-likeness (QED) is 0.674. The van der Waals surface area contributed by atoms with Crippen molar-refractivity contribution in [3.8, 4) is 0 Å². The van der Waals surface area contributed by atoms with Crippen molar-refractivity contribution in [2.45, 2.75) is 26.7 Å². The van der Waals surface area contributed by atoms with Crippen molar-refractivity contribution in [1.29, 1.82) is 0 Å². The number of ether oxygens (including phenoxy) is 1. The van der Waals surface area contributed by atoms with Crippen molar-refractivity contribution in [3.05, 3.63) is 34.9 Å². The Bertz CT molecular complexity index is 373. The second-order valence-corrected chi connectivity index (χ2v) is 3.94. The molecule has 0 unspecified atom stereocenters. The van der Waals surface area contributed by atoms with Crippen LogP contribution in [-0.2, 0) is 9.53 Å². The Morgan fingerprint density at radius 2 is 1.83 bits per heavy atom. The molecule has 18 heavy (non-hydrogen) atoms. The van der Waals surface area contributed by atoms with Gasteiger partial charge in [-0.05, 0) is 30.7 Å². The largest absolute Gasteiger partial charge is 0.478 e. The number of hydrogen-bond acceptors (Lipinski definition) is 3. The number of hydrogen-bond donors (Lipinski definition) is 1. The molecule has 1 N–H and O–H groups in total. The standard InChI is InChI=1S/C7H5ClO2.C6H12O2/c8-6-3-1-5(2-4-6)7(9)10;1-3-4-5-8-6(2)7/h1-4H,(H,9,10);3-5H2,1-2H3. The second kappa shape index (κ2) is 9.48. The first-order valence-corrected chi connectivity index (χ1v) is 5.97. The summed E-state index contributed by atoms with van der Waals surface area (Å²) in [5.74, 6) is -1.12. The minimum atomic E-state index is -0.934. The average Bonchev–Trinajstić information content (AvgIpc) is 2.30. The fraction of sp³-hybridized carbons (Fsp3) is 0.385. The third-order valence-electron chi connectivity index (χ3n) is 1.89. The van der Waals surface area contributed by atoms with Gasteiger partial charge in [0.2, 0.25) is 0 Å². The van der Waals surface area contributed by atoms with Crippen molar-refractivity contribution < 1.29 is 19.4 Å². The van der Waals surface area contributed by atoms with Crippen LogP contribution >= 0.6 is 11.6 Å². The van der Waals surface area contributed by atoms with Crippen LogP contribution in [0.4, 0.5) is 0 Å². The Labute approximate surface area is 112 Å². The third-order valence-corrected chi connectivity index (χ3v) is 2.15. The smallest absolute Gasteiger partial charge is 0.335 e. The van der Waals surface area contributed by atoms with Gasteiger partial charge >= 0.3 is 11.9 Å². The monoisotopic (exact) mass is 272 g/mol. The van der Waals surface area contributed by atoms with Gasteiger partial charge in [0.05, 0.1) is 12.2 Å². The molecule has 0 aromatic heterocycles. The zero-order valence-corrected chi connectivity index (χ0v) is 11.2. The Kier molecular flexibility index (Phi) is 8.66. The molecule has 0 aliphatic heterocycles. The van der Waals surface area contributed by atoms with Gasteiger partial charge in [-0.2, -0.15) is 0 Å². The number of unbranched alkanes of at least 4 members (excludes halogenated alkanes) is 1. The average molecular weight is 273 g/mol. The molecule has 1 aromatic rings. The number of carbonyl (C=O) groups excluding carboxylic acids is 1. The summed E-state index contributed by atoms with van der Waals surface area (Å²) in [6.45, 7) is 4.06. The summed E-state index contributed by atoms with van der Waals surface area (Å²) in [5.41, 5.74) is 0.254. The Balaban J connectivity index is 0.000000331. The number of carboxylic acid groups (broad SMARTS) is 1. The van der Waals surface area contributed by atoms with Gasteiger partial charge in [-0.25, -0.2) is 4.79 Å². The lowest BCUT2D eigenvalue weighted by Gasteiger charge is -1.96. The summed E-state index contributed by atoms with van der Waals surface area (Å²) >= 11 is 5.52. The third kappa shape index (κ3) is 8.58. The van der Waals surface area contributed by atoms with E-state index in [4.69, 9.17) is 16.7 Å². The number of halogens is 1. The zero-order valence-electron chi connectivity index (χ0n) is 10.5. The molecule has 0 saturated carbocycles. The highest BCUT2D eigenvalue weighted by Crippen LogP contribution is 2.08. The number of benzene rings is 1. The minimum Gasteiger partial charge on any atom is -0.478 e. The molecule has 0 heterocycles. The van der Waals surface area contributed by atoms with Crippen molar-refractivity contribution in [2.75, 3.05) is 6.61 Å². The molecule has 0 saturated heterocycles. The molecule has 1 rings (SSSR count). The van der Waals surface area contributed by atoms with Crippen LogP contribution in [-0.4, -0.2) is 23.7 Å². The predicted octanol–water partition coefficient (Wildman–Crippen LogP) is 3.39. The molecule has 0 spiro atoms. The van der Waals surface area contributed by atoms with Gasteiger partial charge in [0.15, 0.2) is 0 Å². The van der Waals surface area contributed by atoms with E-state index in [9.17, 15) is 9.59 Å². The highest BCUT2D eigenvalue weighted by molar-refractivity contribution is 6.30. The molecule has 1 aromatic carbocycles. The SMILES string of the molecule is CCCCOC(C)=O.O=C(O)c1ccc(Cl)cc1. The van der Waals surface area contributed by atoms with Gasteiger partial charge in [0.25, 0.3) is 0 Å². The van der Waals surface area contributed by atoms with Crippen molar-refractivity contribution in [1.82, 2.24) is 0 Å². The molecule has 0 bridgehead atoms. The number of aromatic carboxylic acids is 1. The Morgan fingerprint density at radius 1 is 1.28 bits per heavy atom. The van der Waals surface area contributed by atoms with Gasteiger partial charge in [-0.1, -0.05) is 24.9 Å². The molecule has 0 fully saturated rings. The summed E-state index contributed by atoms with van der Waals surface area (Å²) in [7, 11) is 0. The van der Waals surface area contributed by atoms with E-state index in [1.807, 2.05) is 0 Å². The highest BCUT2D eigenvalue weighted by Gasteiger charge is 1.99. The summed E-state index contributed by atoms with van der Waals surface area (Å²) in [6.07, 6.45) is 2.05. The van der Waals surface area contributed by atoms with Crippen LogP contribution in [0.1, 0.15) is 37.0 Å². The van der Waals surface area contributed by atoms with Crippen LogP contribution in [0.3, 0.4) is 0 Å². The van der Waals surface area contributed by atoms with Gasteiger partial charge in [-0.3, -0.25) is 4.79 Å². The van der Waals surface area contributed by atoms with Crippen molar-refractivity contribution in [3.63, 3.8) is 0 Å². The van der Waals surface area contributed by atoms with Crippen LogP contribution in [0.25, 0.3) is 0 Å². The predicted molar refractivity (Wildman–Crippen MR) is 70.0 cm³/mol. The van der Waals surface area contributed by atoms with E-state index in [1.54, 1.807) is 12.1 Å². The molecular formula is C13H17ClO4. The zero-order chi connectivity index (χ0) is 14.0. The Hall–Kier alpha value is -1.55. The molecule has 0 radical (unpaired) electrons. The fourth-order valence-electron chi connectivity index (χ4n) is 0.953. The van der Waals surface area contributed by atoms with E-state index in [-0.39, 0.29) is 11.5 Å². The van der Waals surface area contributed by atoms with E-state index in [0.29, 0.717) is 11.6 Å². The molecule has 100 valence electrons. The van der Waals surface area contributed by atoms with Crippen LogP contribution in [0.15, 0.2) is 24.3 Å². The van der Waals surface area contributed by atoms with Crippen molar-refractivity contribution >= 4 is 23.5 Å². The molecule has 0 aliphatic carbocycles. The van der Waals surface area contributed by atoms with Crippen molar-refractivity contribution in [2.24, 2.45) is 0 Å². The maximum atomic E-state index is 10.3. The lowest BCUT2D eigenvalue weighted by Crippen LogP contribution is -1.99. The van der Waals surface area contributed by atoms with Gasteiger partial charge in [0.1, 0.15) is 0 Å². The van der Waals surface area contributed by atoms with E-state index in [1.165, 1.54) is 19.1 Å². The topological polar surface area (TPSA) is 63.6 Å². The first kappa shape index (κ1) is 16.4. The summed E-state index contributed by atoms with van der Waals surface area (Å²) in [6, 6.07) is 6.02. The number of rotatable bonds is 4. The molecule has 0 atom stereocenters. The van der Waals surface area contributed by atoms with E-state index in [2.05, 4.69) is 11.7 Å². The lowest BCUT2D eigenvalue weighted by molar-refractivity contribution is -0.141. The maximum Gasteiger partial charge on any atom is 0.335 e. The number of esters is 1. The molecule has 4 nitrogen and oxygen atoms in total. The summed E-state index contributed by atoms with van der Waals surface area (Å²) in [5, 5.41) is 8.98. The molecule has 0 aliphatic rings. The summed E-state index contributed by atoms with van der Waals surface area (Å²) < 4.78 is 4.64. The van der Waals surface area contributed by atoms with E-state index < -0.39 is 5.97 Å². The number of carbonyl (C=O) groups is 2. The maximum absolute atomic E-state index is 10.3. The van der Waals surface area contributed by atoms with Crippen LogP contribution < -0.4 is 0 Å². The van der Waals surface area contributed by atoms with E-state index in [0.717, 1.165) is 12.8 Å². The molecular weight excluding hydrogens is 256 g/mol. The van der Waals surface area contributed by atoms with Gasteiger partial charge in [-0.15, -0.1) is 0 Å². The van der Waals surface area contributed by atoms with Gasteiger partial charge < -0.3 is 9.84 Å². The number of carboxylic acids is 1.